The van der Waals surface area contributed by atoms with Crippen molar-refractivity contribution in [2.45, 2.75) is 45.8 Å². The van der Waals surface area contributed by atoms with Gasteiger partial charge in [0.15, 0.2) is 11.5 Å². The maximum Gasteiger partial charge on any atom is 0.306 e. The summed E-state index contributed by atoms with van der Waals surface area (Å²) in [6.07, 6.45) is 1.08. The second-order valence-electron chi connectivity index (χ2n) is 8.00. The summed E-state index contributed by atoms with van der Waals surface area (Å²) in [5, 5.41) is 2.83. The van der Waals surface area contributed by atoms with E-state index in [9.17, 15) is 9.59 Å². The highest BCUT2D eigenvalue weighted by molar-refractivity contribution is 5.99. The van der Waals surface area contributed by atoms with E-state index in [2.05, 4.69) is 5.32 Å². The highest BCUT2D eigenvalue weighted by Gasteiger charge is 2.27. The van der Waals surface area contributed by atoms with Gasteiger partial charge >= 0.3 is 5.97 Å². The molecule has 7 nitrogen and oxygen atoms in total. The molecule has 0 spiro atoms. The van der Waals surface area contributed by atoms with Crippen molar-refractivity contribution in [3.8, 4) is 28.4 Å². The van der Waals surface area contributed by atoms with Crippen LogP contribution in [0.1, 0.15) is 49.5 Å². The fourth-order valence-corrected chi connectivity index (χ4v) is 3.51. The third-order valence-corrected chi connectivity index (χ3v) is 5.01. The van der Waals surface area contributed by atoms with Crippen LogP contribution in [0.25, 0.3) is 11.1 Å². The van der Waals surface area contributed by atoms with Crippen LogP contribution >= 0.6 is 0 Å². The number of ether oxygens (including phenoxy) is 4. The molecule has 0 aromatic heterocycles. The second kappa shape index (κ2) is 9.29. The maximum absolute atomic E-state index is 12.0. The molecule has 1 heterocycles. The molecule has 2 aromatic rings. The van der Waals surface area contributed by atoms with Crippen LogP contribution in [-0.4, -0.2) is 38.3 Å². The lowest BCUT2D eigenvalue weighted by molar-refractivity contribution is -0.159. The van der Waals surface area contributed by atoms with Crippen LogP contribution in [0.4, 0.5) is 0 Å². The van der Waals surface area contributed by atoms with E-state index in [-0.39, 0.29) is 18.5 Å². The number of fused-ring (bicyclic) bond motifs is 1. The minimum absolute atomic E-state index is 0.0685. The fourth-order valence-electron chi connectivity index (χ4n) is 3.51. The summed E-state index contributed by atoms with van der Waals surface area (Å²) in [4.78, 5) is 23.9. The summed E-state index contributed by atoms with van der Waals surface area (Å²) in [6, 6.07) is 9.35. The molecule has 1 aliphatic heterocycles. The van der Waals surface area contributed by atoms with E-state index in [0.717, 1.165) is 23.1 Å². The van der Waals surface area contributed by atoms with Gasteiger partial charge in [0.1, 0.15) is 12.2 Å². The molecule has 0 fully saturated rings. The number of carbonyl (C=O) groups excluding carboxylic acids is 2. The van der Waals surface area contributed by atoms with Crippen LogP contribution in [0.3, 0.4) is 0 Å². The maximum atomic E-state index is 12.0. The van der Waals surface area contributed by atoms with Crippen molar-refractivity contribution in [1.82, 2.24) is 5.32 Å². The van der Waals surface area contributed by atoms with Gasteiger partial charge in [-0.3, -0.25) is 9.59 Å². The Morgan fingerprint density at radius 1 is 1.06 bits per heavy atom. The molecule has 0 saturated heterocycles. The first-order chi connectivity index (χ1) is 14.8. The largest absolute Gasteiger partial charge is 0.493 e. The predicted molar refractivity (Wildman–Crippen MR) is 117 cm³/mol. The molecule has 2 aromatic carbocycles. The van der Waals surface area contributed by atoms with Crippen LogP contribution in [0.2, 0.25) is 0 Å². The molecule has 3 rings (SSSR count). The number of carbonyl (C=O) groups is 2. The first-order valence-corrected chi connectivity index (χ1v) is 10.3. The lowest BCUT2D eigenvalue weighted by Gasteiger charge is -2.27. The molecule has 1 amide bonds. The molecule has 31 heavy (non-hydrogen) atoms. The molecule has 1 N–H and O–H groups in total. The van der Waals surface area contributed by atoms with E-state index in [1.165, 1.54) is 0 Å². The molecule has 0 saturated carbocycles. The average molecular weight is 427 g/mol. The van der Waals surface area contributed by atoms with Crippen molar-refractivity contribution >= 4 is 11.9 Å². The second-order valence-corrected chi connectivity index (χ2v) is 8.00. The number of amides is 1. The van der Waals surface area contributed by atoms with Crippen molar-refractivity contribution in [2.24, 2.45) is 0 Å². The van der Waals surface area contributed by atoms with Gasteiger partial charge in [-0.2, -0.15) is 0 Å². The molecule has 0 unspecified atom stereocenters. The van der Waals surface area contributed by atoms with Gasteiger partial charge in [-0.1, -0.05) is 13.0 Å². The number of esters is 1. The molecule has 0 radical (unpaired) electrons. The van der Waals surface area contributed by atoms with Crippen molar-refractivity contribution in [2.75, 3.05) is 20.8 Å². The Labute approximate surface area is 182 Å². The van der Waals surface area contributed by atoms with E-state index in [1.807, 2.05) is 37.3 Å². The first-order valence-electron chi connectivity index (χ1n) is 10.3. The zero-order valence-corrected chi connectivity index (χ0v) is 18.7. The molecule has 166 valence electrons. The summed E-state index contributed by atoms with van der Waals surface area (Å²) in [5.41, 5.74) is 2.45. The number of rotatable bonds is 9. The van der Waals surface area contributed by atoms with Gasteiger partial charge in [-0.05, 0) is 55.7 Å². The van der Waals surface area contributed by atoms with Crippen molar-refractivity contribution in [1.29, 1.82) is 0 Å². The van der Waals surface area contributed by atoms with Gasteiger partial charge in [0, 0.05) is 24.1 Å². The smallest absolute Gasteiger partial charge is 0.306 e. The zero-order valence-electron chi connectivity index (χ0n) is 18.7. The number of hydrogen-bond acceptors (Lipinski definition) is 6. The normalized spacial score (nSPS) is 12.7. The minimum Gasteiger partial charge on any atom is -0.493 e. The molecule has 0 aliphatic carbocycles. The highest BCUT2D eigenvalue weighted by Crippen LogP contribution is 2.45. The van der Waals surface area contributed by atoms with Crippen LogP contribution in [0.5, 0.6) is 17.2 Å². The summed E-state index contributed by atoms with van der Waals surface area (Å²) in [7, 11) is 3.11. The Hall–Kier alpha value is -3.22. The highest BCUT2D eigenvalue weighted by atomic mass is 16.6. The van der Waals surface area contributed by atoms with E-state index in [4.69, 9.17) is 18.9 Å². The Morgan fingerprint density at radius 2 is 1.81 bits per heavy atom. The number of benzene rings is 2. The van der Waals surface area contributed by atoms with Gasteiger partial charge in [0.2, 0.25) is 5.75 Å². The van der Waals surface area contributed by atoms with Crippen LogP contribution in [-0.2, 0) is 16.1 Å². The Bertz CT molecular complexity index is 982. The summed E-state index contributed by atoms with van der Waals surface area (Å²) < 4.78 is 22.8. The molecule has 1 aliphatic rings. The zero-order chi connectivity index (χ0) is 22.6. The van der Waals surface area contributed by atoms with E-state index >= 15 is 0 Å². The van der Waals surface area contributed by atoms with Gasteiger partial charge in [-0.15, -0.1) is 0 Å². The number of nitrogens with one attached hydrogen (secondary N) is 1. The van der Waals surface area contributed by atoms with Crippen LogP contribution in [0.15, 0.2) is 30.3 Å². The molecular weight excluding hydrogens is 398 g/mol. The lowest BCUT2D eigenvalue weighted by Crippen LogP contribution is -2.34. The molecular formula is C24H29NO6. The predicted octanol–water partition coefficient (Wildman–Crippen LogP) is 4.11. The van der Waals surface area contributed by atoms with E-state index < -0.39 is 5.60 Å². The summed E-state index contributed by atoms with van der Waals surface area (Å²) in [5.74, 6) is 1.13. The fraction of sp³-hybridized carbons (Fsp3) is 0.417. The van der Waals surface area contributed by atoms with E-state index in [1.54, 1.807) is 28.1 Å². The van der Waals surface area contributed by atoms with Gasteiger partial charge in [0.25, 0.3) is 5.91 Å². The minimum atomic E-state index is -0.827. The third-order valence-electron chi connectivity index (χ3n) is 5.01. The standard InChI is InChI=1S/C24H29NO6/c1-6-7-20(26)31-24(2,3)14-30-21-17(10-11-19(28-4)22(21)29-5)15-8-9-18-16(12-15)13-25-23(18)27/h8-12H,6-7,13-14H2,1-5H3,(H,25,27). The number of hydrogen-bond donors (Lipinski definition) is 1. The average Bonchev–Trinajstić information content (AvgIpc) is 3.11. The van der Waals surface area contributed by atoms with Gasteiger partial charge in [0.05, 0.1) is 14.2 Å². The topological polar surface area (TPSA) is 83.1 Å². The monoisotopic (exact) mass is 427 g/mol. The lowest BCUT2D eigenvalue weighted by atomic mass is 9.99. The summed E-state index contributed by atoms with van der Waals surface area (Å²) in [6.45, 7) is 6.16. The Kier molecular flexibility index (Phi) is 6.73. The van der Waals surface area contributed by atoms with Gasteiger partial charge < -0.3 is 24.3 Å². The molecule has 0 bridgehead atoms. The van der Waals surface area contributed by atoms with E-state index in [0.29, 0.717) is 35.8 Å². The van der Waals surface area contributed by atoms with Crippen molar-refractivity contribution < 1.29 is 28.5 Å². The van der Waals surface area contributed by atoms with Crippen LogP contribution in [0, 0.1) is 0 Å². The first kappa shape index (κ1) is 22.5. The van der Waals surface area contributed by atoms with Crippen LogP contribution < -0.4 is 19.5 Å². The molecule has 7 heteroatoms. The van der Waals surface area contributed by atoms with Gasteiger partial charge in [-0.25, -0.2) is 0 Å². The summed E-state index contributed by atoms with van der Waals surface area (Å²) >= 11 is 0. The third kappa shape index (κ3) is 4.93. The van der Waals surface area contributed by atoms with Crippen molar-refractivity contribution in [3.63, 3.8) is 0 Å². The SMILES string of the molecule is CCCC(=O)OC(C)(C)COc1c(-c2ccc3c(c2)CNC3=O)ccc(OC)c1OC. The quantitative estimate of drug-likeness (QED) is 0.607. The Balaban J connectivity index is 1.96. The number of methoxy groups -OCH3 is 2. The molecule has 0 atom stereocenters. The Morgan fingerprint density at radius 3 is 2.48 bits per heavy atom. The van der Waals surface area contributed by atoms with Crippen molar-refractivity contribution in [3.05, 3.63) is 41.5 Å².